The third-order valence-electron chi connectivity index (χ3n) is 9.86. The third kappa shape index (κ3) is 3.09. The van der Waals surface area contributed by atoms with Gasteiger partial charge in [-0.1, -0.05) is 25.5 Å². The zero-order valence-corrected chi connectivity index (χ0v) is 20.3. The average molecular weight is 446 g/mol. The van der Waals surface area contributed by atoms with Crippen LogP contribution in [0, 0.1) is 23.2 Å². The van der Waals surface area contributed by atoms with Crippen LogP contribution >= 0.6 is 0 Å². The maximum Gasteiger partial charge on any atom is 0.302 e. The topological polar surface area (TPSA) is 48.4 Å². The van der Waals surface area contributed by atoms with Crippen molar-refractivity contribution < 1.29 is 14.3 Å². The quantitative estimate of drug-likeness (QED) is 0.411. The summed E-state index contributed by atoms with van der Waals surface area (Å²) in [6.07, 6.45) is 10.4. The number of carbonyl (C=O) groups excluding carboxylic acids is 1. The Balaban J connectivity index is 1.33. The zero-order valence-electron chi connectivity index (χ0n) is 20.3. The number of fused-ring (bicyclic) bond motifs is 8. The summed E-state index contributed by atoms with van der Waals surface area (Å²) in [6, 6.07) is 8.63. The average Bonchev–Trinajstić information content (AvgIpc) is 3.08. The molecular weight excluding hydrogens is 410 g/mol. The summed E-state index contributed by atoms with van der Waals surface area (Å²) in [7, 11) is 1.73. The summed E-state index contributed by atoms with van der Waals surface area (Å²) in [4.78, 5) is 16.8. The standard InChI is InChI=1S/C29H35NO3/c1-17(31)33-22-9-11-28(2)20(16-22)5-7-23-24(28)10-12-29(3)25(23)15-19-13-18-14-21(32-4)6-8-26(18)30-27(19)29/h5-6,8,13-14,22-25H,7,9-12,15-16H2,1-4H3/t22-,23+,24-,25-,28-,29-/m0/s1. The van der Waals surface area contributed by atoms with Gasteiger partial charge in [0.1, 0.15) is 11.9 Å². The van der Waals surface area contributed by atoms with Crippen molar-refractivity contribution in [2.24, 2.45) is 23.2 Å². The van der Waals surface area contributed by atoms with Gasteiger partial charge >= 0.3 is 5.97 Å². The molecule has 0 saturated heterocycles. The first kappa shape index (κ1) is 21.2. The van der Waals surface area contributed by atoms with Crippen LogP contribution in [0.2, 0.25) is 0 Å². The largest absolute Gasteiger partial charge is 0.497 e. The second kappa shape index (κ2) is 7.32. The molecule has 0 aliphatic heterocycles. The first-order chi connectivity index (χ1) is 15.8. The van der Waals surface area contributed by atoms with E-state index in [2.05, 4.69) is 38.1 Å². The Hall–Kier alpha value is -2.36. The molecule has 0 unspecified atom stereocenters. The molecule has 0 radical (unpaired) electrons. The molecule has 4 aliphatic carbocycles. The van der Waals surface area contributed by atoms with Gasteiger partial charge in [0.15, 0.2) is 0 Å². The summed E-state index contributed by atoms with van der Waals surface area (Å²) in [5.41, 5.74) is 5.85. The van der Waals surface area contributed by atoms with Crippen molar-refractivity contribution in [3.8, 4) is 5.75 Å². The summed E-state index contributed by atoms with van der Waals surface area (Å²) in [5.74, 6) is 2.83. The number of methoxy groups -OCH3 is 1. The van der Waals surface area contributed by atoms with Crippen molar-refractivity contribution in [3.05, 3.63) is 47.2 Å². The second-order valence-electron chi connectivity index (χ2n) is 11.4. The molecule has 0 bridgehead atoms. The molecule has 4 nitrogen and oxygen atoms in total. The van der Waals surface area contributed by atoms with Gasteiger partial charge in [0.2, 0.25) is 0 Å². The van der Waals surface area contributed by atoms with Gasteiger partial charge in [0.05, 0.1) is 18.3 Å². The Labute approximate surface area is 196 Å². The Morgan fingerprint density at radius 1 is 1.06 bits per heavy atom. The molecule has 1 aromatic heterocycles. The molecule has 33 heavy (non-hydrogen) atoms. The van der Waals surface area contributed by atoms with Crippen LogP contribution in [0.4, 0.5) is 0 Å². The fraction of sp³-hybridized carbons (Fsp3) is 0.586. The predicted octanol–water partition coefficient (Wildman–Crippen LogP) is 6.15. The fourth-order valence-electron chi connectivity index (χ4n) is 8.17. The SMILES string of the molecule is COc1ccc2nc3c(cc2c1)C[C@H]1[C@@H]2CC=C4C[C@@H](OC(C)=O)CC[C@]4(C)[C@H]2CC[C@]31C. The number of carbonyl (C=O) groups is 1. The molecule has 2 aromatic rings. The van der Waals surface area contributed by atoms with Gasteiger partial charge in [-0.25, -0.2) is 0 Å². The van der Waals surface area contributed by atoms with Crippen LogP contribution in [-0.4, -0.2) is 24.2 Å². The van der Waals surface area contributed by atoms with Gasteiger partial charge in [0, 0.05) is 24.1 Å². The van der Waals surface area contributed by atoms with Crippen LogP contribution in [0.3, 0.4) is 0 Å². The molecule has 0 spiro atoms. The second-order valence-corrected chi connectivity index (χ2v) is 11.4. The maximum absolute atomic E-state index is 11.5. The molecule has 6 atom stereocenters. The van der Waals surface area contributed by atoms with Gasteiger partial charge in [-0.2, -0.15) is 0 Å². The lowest BCUT2D eigenvalue weighted by atomic mass is 9.48. The number of hydrogen-bond acceptors (Lipinski definition) is 4. The van der Waals surface area contributed by atoms with E-state index in [9.17, 15) is 4.79 Å². The van der Waals surface area contributed by atoms with Crippen molar-refractivity contribution in [2.75, 3.05) is 7.11 Å². The molecule has 6 rings (SSSR count). The molecule has 2 saturated carbocycles. The van der Waals surface area contributed by atoms with Crippen molar-refractivity contribution >= 4 is 16.9 Å². The third-order valence-corrected chi connectivity index (χ3v) is 9.86. The lowest BCUT2D eigenvalue weighted by Gasteiger charge is -2.57. The van der Waals surface area contributed by atoms with Gasteiger partial charge in [0.25, 0.3) is 0 Å². The maximum atomic E-state index is 11.5. The van der Waals surface area contributed by atoms with Crippen molar-refractivity contribution in [1.82, 2.24) is 4.98 Å². The lowest BCUT2D eigenvalue weighted by Crippen LogP contribution is -2.51. The monoisotopic (exact) mass is 445 g/mol. The molecule has 0 amide bonds. The lowest BCUT2D eigenvalue weighted by molar-refractivity contribution is -0.148. The molecule has 4 heteroatoms. The van der Waals surface area contributed by atoms with Gasteiger partial charge in [-0.05, 0) is 91.5 Å². The van der Waals surface area contributed by atoms with E-state index in [1.165, 1.54) is 36.4 Å². The predicted molar refractivity (Wildman–Crippen MR) is 129 cm³/mol. The van der Waals surface area contributed by atoms with E-state index in [-0.39, 0.29) is 22.9 Å². The van der Waals surface area contributed by atoms with E-state index < -0.39 is 0 Å². The van der Waals surface area contributed by atoms with Crippen LogP contribution in [0.15, 0.2) is 35.9 Å². The number of aromatic nitrogens is 1. The summed E-state index contributed by atoms with van der Waals surface area (Å²) in [6.45, 7) is 6.52. The first-order valence-electron chi connectivity index (χ1n) is 12.7. The highest BCUT2D eigenvalue weighted by molar-refractivity contribution is 5.81. The number of allylic oxidation sites excluding steroid dienone is 1. The van der Waals surface area contributed by atoms with E-state index in [1.54, 1.807) is 12.7 Å². The molecule has 174 valence electrons. The van der Waals surface area contributed by atoms with Gasteiger partial charge in [-0.3, -0.25) is 9.78 Å². The van der Waals surface area contributed by atoms with Crippen LogP contribution in [-0.2, 0) is 21.4 Å². The highest BCUT2D eigenvalue weighted by atomic mass is 16.5. The number of pyridine rings is 1. The highest BCUT2D eigenvalue weighted by Crippen LogP contribution is 2.64. The number of benzene rings is 1. The number of nitrogens with zero attached hydrogens (tertiary/aromatic N) is 1. The Morgan fingerprint density at radius 2 is 1.88 bits per heavy atom. The molecule has 0 N–H and O–H groups in total. The number of esters is 1. The van der Waals surface area contributed by atoms with Crippen LogP contribution in [0.1, 0.15) is 70.6 Å². The van der Waals surface area contributed by atoms with Crippen LogP contribution in [0.5, 0.6) is 5.75 Å². The normalized spacial score (nSPS) is 36.8. The van der Waals surface area contributed by atoms with Gasteiger partial charge < -0.3 is 9.47 Å². The van der Waals surface area contributed by atoms with Crippen LogP contribution in [0.25, 0.3) is 10.9 Å². The first-order valence-corrected chi connectivity index (χ1v) is 12.7. The minimum absolute atomic E-state index is 0.0663. The van der Waals surface area contributed by atoms with E-state index in [4.69, 9.17) is 14.5 Å². The minimum atomic E-state index is -0.146. The molecule has 2 fully saturated rings. The molecule has 1 heterocycles. The Morgan fingerprint density at radius 3 is 2.67 bits per heavy atom. The molecule has 4 aliphatic rings. The number of rotatable bonds is 2. The molecule has 1 aromatic carbocycles. The van der Waals surface area contributed by atoms with E-state index in [0.717, 1.165) is 49.3 Å². The van der Waals surface area contributed by atoms with E-state index in [0.29, 0.717) is 11.8 Å². The summed E-state index contributed by atoms with van der Waals surface area (Å²) >= 11 is 0. The van der Waals surface area contributed by atoms with E-state index >= 15 is 0 Å². The smallest absolute Gasteiger partial charge is 0.302 e. The number of hydrogen-bond donors (Lipinski definition) is 0. The number of ether oxygens (including phenoxy) is 2. The zero-order chi connectivity index (χ0) is 23.0. The van der Waals surface area contributed by atoms with Crippen molar-refractivity contribution in [1.29, 1.82) is 0 Å². The Bertz CT molecular complexity index is 1170. The van der Waals surface area contributed by atoms with Crippen molar-refractivity contribution in [2.45, 2.75) is 77.2 Å². The minimum Gasteiger partial charge on any atom is -0.497 e. The highest BCUT2D eigenvalue weighted by Gasteiger charge is 2.58. The molecular formula is C29H35NO3. The van der Waals surface area contributed by atoms with Crippen molar-refractivity contribution in [3.63, 3.8) is 0 Å². The Kier molecular flexibility index (Phi) is 4.70. The fourth-order valence-corrected chi connectivity index (χ4v) is 8.17. The van der Waals surface area contributed by atoms with Gasteiger partial charge in [-0.15, -0.1) is 0 Å². The summed E-state index contributed by atoms with van der Waals surface area (Å²) in [5, 5.41) is 1.19. The van der Waals surface area contributed by atoms with E-state index in [1.807, 2.05) is 6.07 Å². The van der Waals surface area contributed by atoms with Crippen LogP contribution < -0.4 is 4.74 Å². The summed E-state index contributed by atoms with van der Waals surface area (Å²) < 4.78 is 11.1.